The Kier molecular flexibility index (Phi) is 5.35. The summed E-state index contributed by atoms with van der Waals surface area (Å²) in [7, 11) is 0. The fraction of sp³-hybridized carbons (Fsp3) is 0.500. The first-order chi connectivity index (χ1) is 7.59. The summed E-state index contributed by atoms with van der Waals surface area (Å²) in [6, 6.07) is 4.16. The molecule has 0 aromatic heterocycles. The van der Waals surface area contributed by atoms with Crippen molar-refractivity contribution in [2.75, 3.05) is 6.54 Å². The maximum Gasteiger partial charge on any atom is 0.159 e. The van der Waals surface area contributed by atoms with Gasteiger partial charge in [-0.1, -0.05) is 6.07 Å². The third kappa shape index (κ3) is 4.68. The van der Waals surface area contributed by atoms with E-state index in [9.17, 15) is 8.78 Å². The second-order valence-corrected chi connectivity index (χ2v) is 4.04. The lowest BCUT2D eigenvalue weighted by atomic mass is 10.2. The van der Waals surface area contributed by atoms with Gasteiger partial charge in [0.05, 0.1) is 0 Å². The number of halogens is 2. The first-order valence-electron chi connectivity index (χ1n) is 5.50. The molecule has 1 atom stereocenters. The number of rotatable bonds is 6. The van der Waals surface area contributed by atoms with Crippen LogP contribution in [0.25, 0.3) is 0 Å². The second kappa shape index (κ2) is 6.55. The van der Waals surface area contributed by atoms with Crippen LogP contribution >= 0.6 is 0 Å². The molecule has 0 spiro atoms. The Morgan fingerprint density at radius 2 is 2.06 bits per heavy atom. The fourth-order valence-electron chi connectivity index (χ4n) is 1.43. The van der Waals surface area contributed by atoms with E-state index in [0.29, 0.717) is 6.54 Å². The molecule has 1 unspecified atom stereocenters. The zero-order valence-corrected chi connectivity index (χ0v) is 9.47. The Balaban J connectivity index is 2.24. The standard InChI is InChI=1S/C12H18F2N2/c1-9(15)3-2-6-16-8-10-4-5-11(13)12(14)7-10/h4-5,7,9,16H,2-3,6,8,15H2,1H3. The third-order valence-electron chi connectivity index (χ3n) is 2.33. The Morgan fingerprint density at radius 1 is 1.31 bits per heavy atom. The first-order valence-corrected chi connectivity index (χ1v) is 5.50. The van der Waals surface area contributed by atoms with Crippen molar-refractivity contribution in [1.29, 1.82) is 0 Å². The smallest absolute Gasteiger partial charge is 0.159 e. The van der Waals surface area contributed by atoms with Gasteiger partial charge in [-0.15, -0.1) is 0 Å². The molecular formula is C12H18F2N2. The van der Waals surface area contributed by atoms with E-state index in [0.717, 1.165) is 31.0 Å². The predicted octanol–water partition coefficient (Wildman–Crippen LogP) is 2.18. The van der Waals surface area contributed by atoms with Crippen LogP contribution in [-0.4, -0.2) is 12.6 Å². The third-order valence-corrected chi connectivity index (χ3v) is 2.33. The molecule has 2 nitrogen and oxygen atoms in total. The van der Waals surface area contributed by atoms with Crippen molar-refractivity contribution in [3.63, 3.8) is 0 Å². The quantitative estimate of drug-likeness (QED) is 0.732. The van der Waals surface area contributed by atoms with Crippen molar-refractivity contribution in [2.45, 2.75) is 32.4 Å². The fourth-order valence-corrected chi connectivity index (χ4v) is 1.43. The van der Waals surface area contributed by atoms with Crippen LogP contribution in [0.15, 0.2) is 18.2 Å². The zero-order valence-electron chi connectivity index (χ0n) is 9.47. The van der Waals surface area contributed by atoms with Crippen LogP contribution in [0.1, 0.15) is 25.3 Å². The summed E-state index contributed by atoms with van der Waals surface area (Å²) in [4.78, 5) is 0. The van der Waals surface area contributed by atoms with Crippen molar-refractivity contribution < 1.29 is 8.78 Å². The molecule has 0 saturated carbocycles. The van der Waals surface area contributed by atoms with Gasteiger partial charge in [0.1, 0.15) is 0 Å². The van der Waals surface area contributed by atoms with E-state index in [-0.39, 0.29) is 6.04 Å². The summed E-state index contributed by atoms with van der Waals surface area (Å²) in [5.41, 5.74) is 6.35. The summed E-state index contributed by atoms with van der Waals surface area (Å²) < 4.78 is 25.5. The number of nitrogens with one attached hydrogen (secondary N) is 1. The molecule has 0 aliphatic carbocycles. The molecule has 16 heavy (non-hydrogen) atoms. The molecular weight excluding hydrogens is 210 g/mol. The minimum Gasteiger partial charge on any atom is -0.328 e. The summed E-state index contributed by atoms with van der Waals surface area (Å²) in [6.07, 6.45) is 1.95. The van der Waals surface area contributed by atoms with E-state index in [2.05, 4.69) is 5.32 Å². The highest BCUT2D eigenvalue weighted by molar-refractivity contribution is 5.17. The van der Waals surface area contributed by atoms with Gasteiger partial charge in [-0.3, -0.25) is 0 Å². The average molecular weight is 228 g/mol. The van der Waals surface area contributed by atoms with Gasteiger partial charge in [-0.05, 0) is 44.0 Å². The van der Waals surface area contributed by atoms with E-state index < -0.39 is 11.6 Å². The lowest BCUT2D eigenvalue weighted by molar-refractivity contribution is 0.505. The molecule has 0 heterocycles. The van der Waals surface area contributed by atoms with Crippen LogP contribution in [-0.2, 0) is 6.54 Å². The summed E-state index contributed by atoms with van der Waals surface area (Å²) >= 11 is 0. The van der Waals surface area contributed by atoms with Gasteiger partial charge >= 0.3 is 0 Å². The highest BCUT2D eigenvalue weighted by Crippen LogP contribution is 2.08. The minimum absolute atomic E-state index is 0.213. The summed E-state index contributed by atoms with van der Waals surface area (Å²) in [6.45, 7) is 3.35. The number of nitrogens with two attached hydrogens (primary N) is 1. The predicted molar refractivity (Wildman–Crippen MR) is 60.9 cm³/mol. The molecule has 90 valence electrons. The van der Waals surface area contributed by atoms with Gasteiger partial charge in [0.2, 0.25) is 0 Å². The second-order valence-electron chi connectivity index (χ2n) is 4.04. The number of hydrogen-bond acceptors (Lipinski definition) is 2. The van der Waals surface area contributed by atoms with Gasteiger partial charge in [0.25, 0.3) is 0 Å². The van der Waals surface area contributed by atoms with Crippen LogP contribution in [0.5, 0.6) is 0 Å². The van der Waals surface area contributed by atoms with Crippen LogP contribution in [0, 0.1) is 11.6 Å². The average Bonchev–Trinajstić information content (AvgIpc) is 2.22. The lowest BCUT2D eigenvalue weighted by Gasteiger charge is -2.07. The Bertz CT molecular complexity index is 327. The molecule has 0 fully saturated rings. The molecule has 0 amide bonds. The molecule has 0 bridgehead atoms. The lowest BCUT2D eigenvalue weighted by Crippen LogP contribution is -2.19. The SMILES string of the molecule is CC(N)CCCNCc1ccc(F)c(F)c1. The normalized spacial score (nSPS) is 12.8. The molecule has 0 aliphatic heterocycles. The van der Waals surface area contributed by atoms with Gasteiger partial charge in [-0.25, -0.2) is 8.78 Å². The van der Waals surface area contributed by atoms with Gasteiger partial charge in [0, 0.05) is 12.6 Å². The van der Waals surface area contributed by atoms with Crippen molar-refractivity contribution in [1.82, 2.24) is 5.32 Å². The highest BCUT2D eigenvalue weighted by Gasteiger charge is 2.01. The van der Waals surface area contributed by atoms with E-state index in [1.807, 2.05) is 6.92 Å². The zero-order chi connectivity index (χ0) is 12.0. The number of hydrogen-bond donors (Lipinski definition) is 2. The molecule has 1 aromatic rings. The summed E-state index contributed by atoms with van der Waals surface area (Å²) in [5.74, 6) is -1.60. The molecule has 4 heteroatoms. The van der Waals surface area contributed by atoms with E-state index in [4.69, 9.17) is 5.73 Å². The molecule has 0 saturated heterocycles. The van der Waals surface area contributed by atoms with Crippen LogP contribution in [0.2, 0.25) is 0 Å². The van der Waals surface area contributed by atoms with Gasteiger partial charge in [0.15, 0.2) is 11.6 Å². The van der Waals surface area contributed by atoms with Crippen molar-refractivity contribution in [2.24, 2.45) is 5.73 Å². The monoisotopic (exact) mass is 228 g/mol. The van der Waals surface area contributed by atoms with Gasteiger partial charge in [-0.2, -0.15) is 0 Å². The van der Waals surface area contributed by atoms with Crippen LogP contribution in [0.3, 0.4) is 0 Å². The molecule has 1 rings (SSSR count). The largest absolute Gasteiger partial charge is 0.328 e. The molecule has 1 aromatic carbocycles. The Hall–Kier alpha value is -1.00. The molecule has 0 aliphatic rings. The topological polar surface area (TPSA) is 38.0 Å². The summed E-state index contributed by atoms with van der Waals surface area (Å²) in [5, 5.41) is 3.16. The van der Waals surface area contributed by atoms with E-state index in [1.165, 1.54) is 6.07 Å². The van der Waals surface area contributed by atoms with E-state index in [1.54, 1.807) is 6.07 Å². The maximum absolute atomic E-state index is 12.8. The molecule has 3 N–H and O–H groups in total. The van der Waals surface area contributed by atoms with Crippen LogP contribution in [0.4, 0.5) is 8.78 Å². The van der Waals surface area contributed by atoms with E-state index >= 15 is 0 Å². The van der Waals surface area contributed by atoms with Crippen molar-refractivity contribution in [3.05, 3.63) is 35.4 Å². The Morgan fingerprint density at radius 3 is 2.69 bits per heavy atom. The van der Waals surface area contributed by atoms with Gasteiger partial charge < -0.3 is 11.1 Å². The highest BCUT2D eigenvalue weighted by atomic mass is 19.2. The Labute approximate surface area is 94.8 Å². The molecule has 0 radical (unpaired) electrons. The van der Waals surface area contributed by atoms with Crippen LogP contribution < -0.4 is 11.1 Å². The van der Waals surface area contributed by atoms with Crippen molar-refractivity contribution in [3.8, 4) is 0 Å². The van der Waals surface area contributed by atoms with Crippen molar-refractivity contribution >= 4 is 0 Å². The minimum atomic E-state index is -0.805. The first kappa shape index (κ1) is 13.1. The maximum atomic E-state index is 12.8. The number of benzene rings is 1.